The summed E-state index contributed by atoms with van der Waals surface area (Å²) >= 11 is 9.84. The molecule has 0 bridgehead atoms. The van der Waals surface area contributed by atoms with E-state index in [1.807, 2.05) is 49.4 Å². The van der Waals surface area contributed by atoms with Gasteiger partial charge in [0.15, 0.2) is 0 Å². The van der Waals surface area contributed by atoms with Crippen molar-refractivity contribution in [1.29, 1.82) is 0 Å². The van der Waals surface area contributed by atoms with E-state index in [4.69, 9.17) is 11.6 Å². The van der Waals surface area contributed by atoms with Crippen LogP contribution in [0.3, 0.4) is 0 Å². The van der Waals surface area contributed by atoms with Crippen LogP contribution >= 0.6 is 27.5 Å². The van der Waals surface area contributed by atoms with E-state index in [1.54, 1.807) is 16.4 Å². The molecule has 0 amide bonds. The molecule has 2 aliphatic rings. The molecule has 0 spiro atoms. The van der Waals surface area contributed by atoms with E-state index in [0.717, 1.165) is 43.4 Å². The molecule has 6 heteroatoms. The fourth-order valence-electron chi connectivity index (χ4n) is 6.13. The zero-order valence-corrected chi connectivity index (χ0v) is 26.5. The quantitative estimate of drug-likeness (QED) is 0.208. The number of sulfonamides is 1. The number of halogens is 2. The van der Waals surface area contributed by atoms with Crippen LogP contribution in [-0.4, -0.2) is 25.8 Å². The number of hydrogen-bond donors (Lipinski definition) is 0. The van der Waals surface area contributed by atoms with Crippen LogP contribution in [0.1, 0.15) is 22.3 Å². The minimum absolute atomic E-state index is 0.0139. The lowest BCUT2D eigenvalue weighted by Gasteiger charge is -2.35. The summed E-state index contributed by atoms with van der Waals surface area (Å²) in [6.45, 7) is 7.39. The van der Waals surface area contributed by atoms with Crippen LogP contribution in [0.25, 0.3) is 11.6 Å². The lowest BCUT2D eigenvalue weighted by Crippen LogP contribution is -2.29. The Morgan fingerprint density at radius 2 is 1.52 bits per heavy atom. The highest BCUT2D eigenvalue weighted by molar-refractivity contribution is 9.10. The zero-order valence-electron chi connectivity index (χ0n) is 23.3. The van der Waals surface area contributed by atoms with Crippen molar-refractivity contribution in [3.8, 4) is 0 Å². The molecule has 1 aliphatic heterocycles. The SMILES string of the molecule is C=C1/C(=C\c2ccccc2)C(c2ccc(Br)cc2)=C(Cc2ccc(Cl)cc2)[C@@H]2CN(S(=O)(=O)c3ccc(C)cc3)C[C@H]12. The summed E-state index contributed by atoms with van der Waals surface area (Å²) < 4.78 is 30.5. The van der Waals surface area contributed by atoms with Crippen LogP contribution in [0.2, 0.25) is 5.02 Å². The molecule has 4 aromatic rings. The van der Waals surface area contributed by atoms with E-state index in [1.165, 1.54) is 5.57 Å². The summed E-state index contributed by atoms with van der Waals surface area (Å²) in [5.41, 5.74) is 8.71. The van der Waals surface area contributed by atoms with Gasteiger partial charge in [0.1, 0.15) is 0 Å². The highest BCUT2D eigenvalue weighted by Crippen LogP contribution is 2.51. The second-order valence-electron chi connectivity index (χ2n) is 11.1. The number of hydrogen-bond acceptors (Lipinski definition) is 2. The fraction of sp³-hybridized carbons (Fsp3) is 0.167. The van der Waals surface area contributed by atoms with E-state index in [0.29, 0.717) is 29.4 Å². The van der Waals surface area contributed by atoms with Gasteiger partial charge in [-0.15, -0.1) is 0 Å². The molecule has 2 atom stereocenters. The second-order valence-corrected chi connectivity index (χ2v) is 14.3. The van der Waals surface area contributed by atoms with Gasteiger partial charge in [0.05, 0.1) is 4.90 Å². The Labute approximate surface area is 262 Å². The smallest absolute Gasteiger partial charge is 0.207 e. The second kappa shape index (κ2) is 11.8. The Morgan fingerprint density at radius 3 is 2.19 bits per heavy atom. The van der Waals surface area contributed by atoms with Gasteiger partial charge in [-0.3, -0.25) is 0 Å². The largest absolute Gasteiger partial charge is 0.243 e. The van der Waals surface area contributed by atoms with Gasteiger partial charge in [0.25, 0.3) is 0 Å². The van der Waals surface area contributed by atoms with Gasteiger partial charge in [-0.25, -0.2) is 8.42 Å². The predicted octanol–water partition coefficient (Wildman–Crippen LogP) is 9.00. The standard InChI is InChI=1S/C36H31BrClNO2S/c1-24-8-18-31(19-9-24)42(40,41)39-22-34-25(2)32(20-26-6-4-3-5-7-26)36(28-12-14-29(37)15-13-28)33(35(34)23-39)21-27-10-16-30(38)17-11-27/h3-20,34-35H,2,21-23H2,1H3/b32-20+/t34-,35+/m1/s1. The zero-order chi connectivity index (χ0) is 29.4. The summed E-state index contributed by atoms with van der Waals surface area (Å²) in [6, 6.07) is 33.7. The maximum absolute atomic E-state index is 13.9. The van der Waals surface area contributed by atoms with Crippen molar-refractivity contribution >= 4 is 49.2 Å². The fourth-order valence-corrected chi connectivity index (χ4v) is 8.01. The molecule has 6 rings (SSSR count). The van der Waals surface area contributed by atoms with E-state index >= 15 is 0 Å². The van der Waals surface area contributed by atoms with Crippen LogP contribution in [0.4, 0.5) is 0 Å². The lowest BCUT2D eigenvalue weighted by molar-refractivity contribution is 0.466. The molecule has 1 aliphatic carbocycles. The molecule has 42 heavy (non-hydrogen) atoms. The maximum Gasteiger partial charge on any atom is 0.243 e. The van der Waals surface area contributed by atoms with Crippen molar-refractivity contribution in [2.24, 2.45) is 11.8 Å². The molecule has 3 nitrogen and oxygen atoms in total. The number of nitrogens with zero attached hydrogens (tertiary/aromatic N) is 1. The van der Waals surface area contributed by atoms with Crippen LogP contribution in [0.15, 0.2) is 136 Å². The maximum atomic E-state index is 13.9. The summed E-state index contributed by atoms with van der Waals surface area (Å²) in [7, 11) is -3.68. The molecule has 1 saturated heterocycles. The monoisotopic (exact) mass is 655 g/mol. The highest BCUT2D eigenvalue weighted by Gasteiger charge is 2.46. The first-order chi connectivity index (χ1) is 20.2. The molecule has 1 fully saturated rings. The predicted molar refractivity (Wildman–Crippen MR) is 177 cm³/mol. The van der Waals surface area contributed by atoms with Gasteiger partial charge in [-0.2, -0.15) is 4.31 Å². The van der Waals surface area contributed by atoms with Crippen molar-refractivity contribution in [1.82, 2.24) is 4.31 Å². The molecule has 0 unspecified atom stereocenters. The van der Waals surface area contributed by atoms with Crippen LogP contribution in [-0.2, 0) is 16.4 Å². The van der Waals surface area contributed by atoms with Gasteiger partial charge in [0.2, 0.25) is 10.0 Å². The van der Waals surface area contributed by atoms with Crippen molar-refractivity contribution in [2.75, 3.05) is 13.1 Å². The molecule has 1 heterocycles. The summed E-state index contributed by atoms with van der Waals surface area (Å²) in [5, 5.41) is 0.691. The van der Waals surface area contributed by atoms with E-state index in [9.17, 15) is 8.42 Å². The van der Waals surface area contributed by atoms with Gasteiger partial charge in [-0.1, -0.05) is 112 Å². The third-order valence-electron chi connectivity index (χ3n) is 8.33. The van der Waals surface area contributed by atoms with Crippen LogP contribution in [0, 0.1) is 18.8 Å². The average molecular weight is 657 g/mol. The molecular weight excluding hydrogens is 626 g/mol. The van der Waals surface area contributed by atoms with Crippen LogP contribution in [0.5, 0.6) is 0 Å². The summed E-state index contributed by atoms with van der Waals surface area (Å²) in [4.78, 5) is 0.328. The molecule has 4 aromatic carbocycles. The minimum atomic E-state index is -3.68. The van der Waals surface area contributed by atoms with Crippen LogP contribution < -0.4 is 0 Å². The first-order valence-electron chi connectivity index (χ1n) is 14.0. The lowest BCUT2D eigenvalue weighted by atomic mass is 9.68. The Kier molecular flexibility index (Phi) is 8.12. The van der Waals surface area contributed by atoms with Gasteiger partial charge >= 0.3 is 0 Å². The molecule has 0 aromatic heterocycles. The number of allylic oxidation sites excluding steroid dienone is 2. The van der Waals surface area contributed by atoms with Gasteiger partial charge < -0.3 is 0 Å². The minimum Gasteiger partial charge on any atom is -0.207 e. The van der Waals surface area contributed by atoms with E-state index < -0.39 is 10.0 Å². The number of rotatable bonds is 6. The summed E-state index contributed by atoms with van der Waals surface area (Å²) in [5.74, 6) is -0.0540. The average Bonchev–Trinajstić information content (AvgIpc) is 3.45. The van der Waals surface area contributed by atoms with Gasteiger partial charge in [0, 0.05) is 34.4 Å². The Hall–Kier alpha value is -3.22. The highest BCUT2D eigenvalue weighted by atomic mass is 79.9. The van der Waals surface area contributed by atoms with Gasteiger partial charge in [-0.05, 0) is 89.2 Å². The number of aryl methyl sites for hydroxylation is 1. The Balaban J connectivity index is 1.53. The first-order valence-corrected chi connectivity index (χ1v) is 16.6. The van der Waals surface area contributed by atoms with E-state index in [2.05, 4.69) is 77.1 Å². The first kappa shape index (κ1) is 28.9. The Bertz CT molecular complexity index is 1790. The van der Waals surface area contributed by atoms with E-state index in [-0.39, 0.29) is 11.8 Å². The normalized spacial score (nSPS) is 20.3. The molecule has 0 radical (unpaired) electrons. The number of benzene rings is 4. The van der Waals surface area contributed by atoms with Crippen molar-refractivity contribution in [3.63, 3.8) is 0 Å². The topological polar surface area (TPSA) is 37.4 Å². The third kappa shape index (κ3) is 5.71. The Morgan fingerprint density at radius 1 is 0.881 bits per heavy atom. The van der Waals surface area contributed by atoms with Crippen molar-refractivity contribution in [2.45, 2.75) is 18.2 Å². The van der Waals surface area contributed by atoms with Crippen molar-refractivity contribution in [3.05, 3.63) is 158 Å². The summed E-state index contributed by atoms with van der Waals surface area (Å²) in [6.07, 6.45) is 2.89. The molecular formula is C36H31BrClNO2S. The third-order valence-corrected chi connectivity index (χ3v) is 11.0. The molecule has 0 N–H and O–H groups in total. The number of fused-ring (bicyclic) bond motifs is 1. The molecule has 0 saturated carbocycles. The molecule has 212 valence electrons. The van der Waals surface area contributed by atoms with Crippen molar-refractivity contribution < 1.29 is 8.42 Å².